The molecule has 1 N–H and O–H groups in total. The highest BCUT2D eigenvalue weighted by molar-refractivity contribution is 5.96. The summed E-state index contributed by atoms with van der Waals surface area (Å²) in [5.41, 5.74) is 2.29. The van der Waals surface area contributed by atoms with Gasteiger partial charge in [0.25, 0.3) is 0 Å². The third kappa shape index (κ3) is 3.89. The molecule has 0 radical (unpaired) electrons. The molecule has 1 saturated carbocycles. The summed E-state index contributed by atoms with van der Waals surface area (Å²) >= 11 is 0. The second-order valence-corrected chi connectivity index (χ2v) is 7.75. The first-order valence-electron chi connectivity index (χ1n) is 9.78. The van der Waals surface area contributed by atoms with Crippen LogP contribution in [-0.2, 0) is 16.1 Å². The third-order valence-corrected chi connectivity index (χ3v) is 5.67. The highest BCUT2D eigenvalue weighted by atomic mass is 16.2. The highest BCUT2D eigenvalue weighted by Gasteiger charge is 2.34. The summed E-state index contributed by atoms with van der Waals surface area (Å²) in [6, 6.07) is 10.4. The number of rotatable bonds is 5. The number of nitrogens with one attached hydrogen (secondary N) is 1. The standard InChI is InChI=1S/C21H26N4O2/c1-15-6-8-16(9-7-15)13-24-14-17(12-20(24)26)21(27)23-19-10-11-22-25(19)18-4-2-3-5-18/h6-11,17-18H,2-5,12-14H2,1H3,(H,23,27). The van der Waals surface area contributed by atoms with E-state index in [2.05, 4.69) is 10.4 Å². The molecule has 2 aromatic rings. The molecular weight excluding hydrogens is 340 g/mol. The van der Waals surface area contributed by atoms with Crippen LogP contribution in [0.3, 0.4) is 0 Å². The van der Waals surface area contributed by atoms with Crippen LogP contribution in [0, 0.1) is 12.8 Å². The normalized spacial score (nSPS) is 20.4. The van der Waals surface area contributed by atoms with Crippen LogP contribution >= 0.6 is 0 Å². The fourth-order valence-electron chi connectivity index (χ4n) is 4.10. The van der Waals surface area contributed by atoms with Gasteiger partial charge in [-0.1, -0.05) is 42.7 Å². The number of carbonyl (C=O) groups is 2. The average molecular weight is 366 g/mol. The third-order valence-electron chi connectivity index (χ3n) is 5.67. The van der Waals surface area contributed by atoms with Crippen LogP contribution < -0.4 is 5.32 Å². The molecule has 4 rings (SSSR count). The number of benzene rings is 1. The van der Waals surface area contributed by atoms with E-state index >= 15 is 0 Å². The zero-order chi connectivity index (χ0) is 18.8. The quantitative estimate of drug-likeness (QED) is 0.883. The number of aryl methyl sites for hydroxylation is 1. The number of likely N-dealkylation sites (tertiary alicyclic amines) is 1. The highest BCUT2D eigenvalue weighted by Crippen LogP contribution is 2.31. The maximum atomic E-state index is 12.7. The summed E-state index contributed by atoms with van der Waals surface area (Å²) in [5.74, 6) is 0.390. The first kappa shape index (κ1) is 17.8. The summed E-state index contributed by atoms with van der Waals surface area (Å²) in [7, 11) is 0. The number of amides is 2. The molecule has 1 atom stereocenters. The SMILES string of the molecule is Cc1ccc(CN2CC(C(=O)Nc3ccnn3C3CCCC3)CC2=O)cc1. The van der Waals surface area contributed by atoms with Crippen LogP contribution in [-0.4, -0.2) is 33.0 Å². The smallest absolute Gasteiger partial charge is 0.230 e. The number of nitrogens with zero attached hydrogens (tertiary/aromatic N) is 3. The summed E-state index contributed by atoms with van der Waals surface area (Å²) in [6.45, 7) is 3.07. The van der Waals surface area contributed by atoms with E-state index in [9.17, 15) is 9.59 Å². The Balaban J connectivity index is 1.38. The van der Waals surface area contributed by atoms with Crippen molar-refractivity contribution in [2.24, 2.45) is 5.92 Å². The molecule has 1 saturated heterocycles. The Hall–Kier alpha value is -2.63. The zero-order valence-electron chi connectivity index (χ0n) is 15.7. The van der Waals surface area contributed by atoms with E-state index in [1.807, 2.05) is 41.9 Å². The molecule has 2 aliphatic rings. The van der Waals surface area contributed by atoms with Crippen molar-refractivity contribution in [3.05, 3.63) is 47.7 Å². The van der Waals surface area contributed by atoms with E-state index in [4.69, 9.17) is 0 Å². The van der Waals surface area contributed by atoms with Gasteiger partial charge in [0.15, 0.2) is 0 Å². The lowest BCUT2D eigenvalue weighted by Gasteiger charge is -2.18. The van der Waals surface area contributed by atoms with Gasteiger partial charge in [-0.25, -0.2) is 4.68 Å². The molecule has 1 aliphatic carbocycles. The van der Waals surface area contributed by atoms with Crippen molar-refractivity contribution in [1.29, 1.82) is 0 Å². The predicted molar refractivity (Wildman–Crippen MR) is 103 cm³/mol. The topological polar surface area (TPSA) is 67.2 Å². The second kappa shape index (κ2) is 7.55. The Morgan fingerprint density at radius 2 is 1.93 bits per heavy atom. The Kier molecular flexibility index (Phi) is 4.97. The minimum absolute atomic E-state index is 0.0417. The van der Waals surface area contributed by atoms with E-state index < -0.39 is 0 Å². The Morgan fingerprint density at radius 3 is 2.67 bits per heavy atom. The van der Waals surface area contributed by atoms with Crippen LogP contribution in [0.15, 0.2) is 36.5 Å². The lowest BCUT2D eigenvalue weighted by molar-refractivity contribution is -0.128. The van der Waals surface area contributed by atoms with Gasteiger partial charge in [-0.2, -0.15) is 5.10 Å². The molecule has 1 aromatic carbocycles. The molecule has 6 heteroatoms. The number of hydrogen-bond acceptors (Lipinski definition) is 3. The van der Waals surface area contributed by atoms with E-state index in [0.29, 0.717) is 19.1 Å². The van der Waals surface area contributed by atoms with Gasteiger partial charge in [0.05, 0.1) is 18.2 Å². The van der Waals surface area contributed by atoms with Crippen molar-refractivity contribution in [1.82, 2.24) is 14.7 Å². The summed E-state index contributed by atoms with van der Waals surface area (Å²) in [5, 5.41) is 7.40. The molecule has 0 bridgehead atoms. The molecule has 27 heavy (non-hydrogen) atoms. The number of hydrogen-bond donors (Lipinski definition) is 1. The molecular formula is C21H26N4O2. The lowest BCUT2D eigenvalue weighted by Crippen LogP contribution is -2.28. The fourth-order valence-corrected chi connectivity index (χ4v) is 4.10. The molecule has 1 aromatic heterocycles. The van der Waals surface area contributed by atoms with Crippen LogP contribution in [0.25, 0.3) is 0 Å². The van der Waals surface area contributed by atoms with Gasteiger partial charge < -0.3 is 10.2 Å². The second-order valence-electron chi connectivity index (χ2n) is 7.75. The molecule has 2 heterocycles. The summed E-state index contributed by atoms with van der Waals surface area (Å²) in [4.78, 5) is 26.9. The van der Waals surface area contributed by atoms with Crippen molar-refractivity contribution in [2.45, 2.75) is 51.6 Å². The maximum absolute atomic E-state index is 12.7. The predicted octanol–water partition coefficient (Wildman–Crippen LogP) is 3.29. The monoisotopic (exact) mass is 366 g/mol. The zero-order valence-corrected chi connectivity index (χ0v) is 15.7. The number of anilines is 1. The van der Waals surface area contributed by atoms with Gasteiger partial charge in [-0.3, -0.25) is 9.59 Å². The Bertz CT molecular complexity index is 821. The molecule has 1 unspecified atom stereocenters. The maximum Gasteiger partial charge on any atom is 0.230 e. The van der Waals surface area contributed by atoms with E-state index in [1.165, 1.54) is 18.4 Å². The van der Waals surface area contributed by atoms with Crippen molar-refractivity contribution in [3.8, 4) is 0 Å². The number of carbonyl (C=O) groups excluding carboxylic acids is 2. The van der Waals surface area contributed by atoms with Crippen LogP contribution in [0.5, 0.6) is 0 Å². The number of aromatic nitrogens is 2. The van der Waals surface area contributed by atoms with Gasteiger partial charge >= 0.3 is 0 Å². The molecule has 6 nitrogen and oxygen atoms in total. The molecule has 1 aliphatic heterocycles. The Labute approximate surface area is 159 Å². The first-order valence-corrected chi connectivity index (χ1v) is 9.78. The van der Waals surface area contributed by atoms with Crippen molar-refractivity contribution >= 4 is 17.6 Å². The van der Waals surface area contributed by atoms with Gasteiger partial charge in [0, 0.05) is 25.6 Å². The molecule has 2 amide bonds. The lowest BCUT2D eigenvalue weighted by atomic mass is 10.1. The molecule has 0 spiro atoms. The summed E-state index contributed by atoms with van der Waals surface area (Å²) in [6.07, 6.45) is 6.65. The summed E-state index contributed by atoms with van der Waals surface area (Å²) < 4.78 is 1.94. The minimum atomic E-state index is -0.310. The van der Waals surface area contributed by atoms with E-state index in [1.54, 1.807) is 11.1 Å². The molecule has 142 valence electrons. The van der Waals surface area contributed by atoms with Gasteiger partial charge in [0.1, 0.15) is 5.82 Å². The van der Waals surface area contributed by atoms with Crippen LogP contribution in [0.1, 0.15) is 49.3 Å². The van der Waals surface area contributed by atoms with Gasteiger partial charge in [-0.15, -0.1) is 0 Å². The van der Waals surface area contributed by atoms with Crippen LogP contribution in [0.4, 0.5) is 5.82 Å². The van der Waals surface area contributed by atoms with Gasteiger partial charge in [0.2, 0.25) is 11.8 Å². The fraction of sp³-hybridized carbons (Fsp3) is 0.476. The first-order chi connectivity index (χ1) is 13.1. The average Bonchev–Trinajstić information content (AvgIpc) is 3.38. The molecule has 2 fully saturated rings. The van der Waals surface area contributed by atoms with Gasteiger partial charge in [-0.05, 0) is 25.3 Å². The van der Waals surface area contributed by atoms with E-state index in [0.717, 1.165) is 24.2 Å². The Morgan fingerprint density at radius 1 is 1.19 bits per heavy atom. The van der Waals surface area contributed by atoms with Crippen molar-refractivity contribution in [3.63, 3.8) is 0 Å². The largest absolute Gasteiger partial charge is 0.338 e. The van der Waals surface area contributed by atoms with E-state index in [-0.39, 0.29) is 24.2 Å². The van der Waals surface area contributed by atoms with Crippen molar-refractivity contribution < 1.29 is 9.59 Å². The van der Waals surface area contributed by atoms with Crippen LogP contribution in [0.2, 0.25) is 0 Å². The minimum Gasteiger partial charge on any atom is -0.338 e. The van der Waals surface area contributed by atoms with Crippen molar-refractivity contribution in [2.75, 3.05) is 11.9 Å².